The van der Waals surface area contributed by atoms with Crippen LogP contribution in [-0.4, -0.2) is 28.5 Å². The molecule has 4 N–H and O–H groups in total. The number of carboxylic acid groups (broad SMARTS) is 1. The molecule has 1 aromatic heterocycles. The van der Waals surface area contributed by atoms with Gasteiger partial charge < -0.3 is 16.2 Å². The van der Waals surface area contributed by atoms with Gasteiger partial charge in [0.1, 0.15) is 5.69 Å². The van der Waals surface area contributed by atoms with E-state index in [1.165, 1.54) is 11.3 Å². The van der Waals surface area contributed by atoms with Gasteiger partial charge in [-0.15, -0.1) is 11.3 Å². The molecule has 0 aliphatic heterocycles. The number of nitrogen functional groups attached to an aromatic ring is 1. The fraction of sp³-hybridized carbons (Fsp3) is 0.615. The zero-order valence-corrected chi connectivity index (χ0v) is 12.6. The maximum atomic E-state index is 11.8. The monoisotopic (exact) mass is 299 g/mol. The molecule has 0 bridgehead atoms. The highest BCUT2D eigenvalue weighted by Crippen LogP contribution is 2.20. The number of carboxylic acids is 1. The molecular weight excluding hydrogens is 278 g/mol. The maximum Gasteiger partial charge on any atom is 0.303 e. The Bertz CT molecular complexity index is 459. The molecule has 0 aromatic carbocycles. The summed E-state index contributed by atoms with van der Waals surface area (Å²) in [6.07, 6.45) is 1.56. The molecule has 0 fully saturated rings. The van der Waals surface area contributed by atoms with Crippen LogP contribution in [0.2, 0.25) is 0 Å². The van der Waals surface area contributed by atoms with Crippen molar-refractivity contribution in [3.63, 3.8) is 0 Å². The van der Waals surface area contributed by atoms with E-state index in [1.807, 2.05) is 0 Å². The summed E-state index contributed by atoms with van der Waals surface area (Å²) in [5, 5.41) is 13.5. The van der Waals surface area contributed by atoms with Crippen molar-refractivity contribution in [2.75, 3.05) is 12.3 Å². The fourth-order valence-corrected chi connectivity index (χ4v) is 2.52. The van der Waals surface area contributed by atoms with Gasteiger partial charge in [-0.3, -0.25) is 9.59 Å². The van der Waals surface area contributed by atoms with Crippen LogP contribution in [0.5, 0.6) is 0 Å². The third kappa shape index (κ3) is 5.56. The second-order valence-electron chi connectivity index (χ2n) is 5.05. The number of carbonyl (C=O) groups excluding carboxylic acids is 1. The molecule has 1 unspecified atom stereocenters. The summed E-state index contributed by atoms with van der Waals surface area (Å²) < 4.78 is 0. The van der Waals surface area contributed by atoms with Crippen molar-refractivity contribution in [2.24, 2.45) is 11.8 Å². The topological polar surface area (TPSA) is 105 Å². The zero-order valence-electron chi connectivity index (χ0n) is 11.8. The van der Waals surface area contributed by atoms with Gasteiger partial charge in [0.2, 0.25) is 0 Å². The van der Waals surface area contributed by atoms with E-state index in [0.717, 1.165) is 6.42 Å². The highest BCUT2D eigenvalue weighted by molar-refractivity contribution is 7.13. The molecule has 1 amide bonds. The summed E-state index contributed by atoms with van der Waals surface area (Å²) >= 11 is 1.23. The van der Waals surface area contributed by atoms with Gasteiger partial charge >= 0.3 is 5.97 Å². The van der Waals surface area contributed by atoms with Gasteiger partial charge in [0.05, 0.1) is 0 Å². The number of rotatable bonds is 8. The van der Waals surface area contributed by atoms with Gasteiger partial charge in [-0.1, -0.05) is 13.8 Å². The summed E-state index contributed by atoms with van der Waals surface area (Å²) in [4.78, 5) is 26.3. The number of aliphatic carboxylic acids is 1. The average Bonchev–Trinajstić information content (AvgIpc) is 2.79. The lowest BCUT2D eigenvalue weighted by atomic mass is 9.88. The molecular formula is C13H21N3O3S. The number of aromatic nitrogens is 1. The number of nitrogens with one attached hydrogen (secondary N) is 1. The first-order valence-electron chi connectivity index (χ1n) is 6.61. The van der Waals surface area contributed by atoms with Crippen molar-refractivity contribution in [3.05, 3.63) is 11.1 Å². The van der Waals surface area contributed by atoms with Crippen LogP contribution >= 0.6 is 11.3 Å². The number of anilines is 1. The second-order valence-corrected chi connectivity index (χ2v) is 5.94. The highest BCUT2D eigenvalue weighted by atomic mass is 32.1. The van der Waals surface area contributed by atoms with Crippen molar-refractivity contribution in [1.29, 1.82) is 0 Å². The van der Waals surface area contributed by atoms with E-state index in [2.05, 4.69) is 24.1 Å². The number of carbonyl (C=O) groups is 2. The lowest BCUT2D eigenvalue weighted by Gasteiger charge is -2.20. The van der Waals surface area contributed by atoms with Gasteiger partial charge in [0.25, 0.3) is 5.91 Å². The van der Waals surface area contributed by atoms with E-state index in [0.29, 0.717) is 29.7 Å². The van der Waals surface area contributed by atoms with Crippen LogP contribution < -0.4 is 11.1 Å². The van der Waals surface area contributed by atoms with Crippen LogP contribution in [0.1, 0.15) is 43.6 Å². The van der Waals surface area contributed by atoms with E-state index in [1.54, 1.807) is 5.38 Å². The Morgan fingerprint density at radius 2 is 2.15 bits per heavy atom. The first-order chi connectivity index (χ1) is 9.40. The molecule has 0 saturated heterocycles. The number of nitrogens with zero attached hydrogens (tertiary/aromatic N) is 1. The normalized spacial score (nSPS) is 12.3. The minimum Gasteiger partial charge on any atom is -0.481 e. The molecule has 6 nitrogen and oxygen atoms in total. The Morgan fingerprint density at radius 1 is 1.45 bits per heavy atom. The van der Waals surface area contributed by atoms with Crippen LogP contribution in [0.25, 0.3) is 0 Å². The van der Waals surface area contributed by atoms with Crippen LogP contribution in [0.3, 0.4) is 0 Å². The molecule has 1 aromatic rings. The van der Waals surface area contributed by atoms with Crippen LogP contribution in [0, 0.1) is 11.8 Å². The minimum atomic E-state index is -0.780. The minimum absolute atomic E-state index is 0.166. The third-order valence-electron chi connectivity index (χ3n) is 3.23. The van der Waals surface area contributed by atoms with Gasteiger partial charge in [-0.2, -0.15) is 0 Å². The van der Waals surface area contributed by atoms with Gasteiger partial charge in [-0.25, -0.2) is 4.98 Å². The lowest BCUT2D eigenvalue weighted by molar-refractivity contribution is -0.137. The SMILES string of the molecule is CC(C)C(CCNC(=O)c1csc(N)n1)CCC(=O)O. The average molecular weight is 299 g/mol. The Hall–Kier alpha value is -1.63. The molecule has 1 rings (SSSR count). The Balaban J connectivity index is 2.36. The molecule has 0 radical (unpaired) electrons. The standard InChI is InChI=1S/C13H21N3O3S/c1-8(2)9(3-4-11(17)18)5-6-15-12(19)10-7-20-13(14)16-10/h7-9H,3-6H2,1-2H3,(H2,14,16)(H,15,19)(H,17,18). The van der Waals surface area contributed by atoms with E-state index >= 15 is 0 Å². The molecule has 20 heavy (non-hydrogen) atoms. The molecule has 1 atom stereocenters. The van der Waals surface area contributed by atoms with Crippen molar-refractivity contribution in [1.82, 2.24) is 10.3 Å². The van der Waals surface area contributed by atoms with Gasteiger partial charge in [-0.05, 0) is 24.7 Å². The quantitative estimate of drug-likeness (QED) is 0.680. The van der Waals surface area contributed by atoms with Crippen molar-refractivity contribution in [2.45, 2.75) is 33.1 Å². The second kappa shape index (κ2) is 7.84. The Kier molecular flexibility index (Phi) is 6.44. The number of nitrogens with two attached hydrogens (primary N) is 1. The van der Waals surface area contributed by atoms with Crippen molar-refractivity contribution < 1.29 is 14.7 Å². The number of thiazole rings is 1. The summed E-state index contributed by atoms with van der Waals surface area (Å²) in [5.41, 5.74) is 5.81. The summed E-state index contributed by atoms with van der Waals surface area (Å²) in [6, 6.07) is 0. The van der Waals surface area contributed by atoms with Gasteiger partial charge in [0.15, 0.2) is 5.13 Å². The first kappa shape index (κ1) is 16.4. The summed E-state index contributed by atoms with van der Waals surface area (Å²) in [5.74, 6) is -0.343. The third-order valence-corrected chi connectivity index (χ3v) is 3.90. The Morgan fingerprint density at radius 3 is 2.65 bits per heavy atom. The van der Waals surface area contributed by atoms with Crippen molar-refractivity contribution >= 4 is 28.3 Å². The fourth-order valence-electron chi connectivity index (χ4n) is 1.97. The molecule has 1 heterocycles. The molecule has 0 aliphatic carbocycles. The van der Waals surface area contributed by atoms with Crippen LogP contribution in [0.15, 0.2) is 5.38 Å². The molecule has 112 valence electrons. The summed E-state index contributed by atoms with van der Waals surface area (Å²) in [6.45, 7) is 4.64. The lowest BCUT2D eigenvalue weighted by Crippen LogP contribution is -2.27. The van der Waals surface area contributed by atoms with Crippen LogP contribution in [0.4, 0.5) is 5.13 Å². The Labute approximate surface area is 122 Å². The number of hydrogen-bond donors (Lipinski definition) is 3. The van der Waals surface area contributed by atoms with E-state index in [-0.39, 0.29) is 18.2 Å². The smallest absolute Gasteiger partial charge is 0.303 e. The highest BCUT2D eigenvalue weighted by Gasteiger charge is 2.16. The van der Waals surface area contributed by atoms with Crippen LogP contribution in [-0.2, 0) is 4.79 Å². The van der Waals surface area contributed by atoms with E-state index in [4.69, 9.17) is 10.8 Å². The molecule has 0 spiro atoms. The molecule has 0 saturated carbocycles. The van der Waals surface area contributed by atoms with E-state index < -0.39 is 5.97 Å². The number of hydrogen-bond acceptors (Lipinski definition) is 5. The largest absolute Gasteiger partial charge is 0.481 e. The van der Waals surface area contributed by atoms with E-state index in [9.17, 15) is 9.59 Å². The first-order valence-corrected chi connectivity index (χ1v) is 7.49. The maximum absolute atomic E-state index is 11.8. The molecule has 7 heteroatoms. The summed E-state index contributed by atoms with van der Waals surface area (Å²) in [7, 11) is 0. The zero-order chi connectivity index (χ0) is 15.1. The van der Waals surface area contributed by atoms with Crippen molar-refractivity contribution in [3.8, 4) is 0 Å². The number of amides is 1. The predicted octanol–water partition coefficient (Wildman–Crippen LogP) is 1.98. The van der Waals surface area contributed by atoms with Gasteiger partial charge in [0, 0.05) is 18.3 Å². The predicted molar refractivity (Wildman–Crippen MR) is 78.7 cm³/mol. The molecule has 0 aliphatic rings.